The van der Waals surface area contributed by atoms with Crippen molar-refractivity contribution in [2.45, 2.75) is 32.6 Å². The molecule has 2 aromatic carbocycles. The van der Waals surface area contributed by atoms with E-state index in [1.165, 1.54) is 18.1 Å². The van der Waals surface area contributed by atoms with Gasteiger partial charge in [-0.1, -0.05) is 24.3 Å². The van der Waals surface area contributed by atoms with E-state index in [9.17, 15) is 9.59 Å². The maximum atomic E-state index is 12.9. The predicted molar refractivity (Wildman–Crippen MR) is 98.3 cm³/mol. The van der Waals surface area contributed by atoms with Crippen molar-refractivity contribution in [1.29, 1.82) is 0 Å². The van der Waals surface area contributed by atoms with Gasteiger partial charge in [-0.25, -0.2) is 4.98 Å². The summed E-state index contributed by atoms with van der Waals surface area (Å²) in [6.45, 7) is 3.42. The van der Waals surface area contributed by atoms with E-state index in [2.05, 4.69) is 12.1 Å². The first-order valence-electron chi connectivity index (χ1n) is 8.54. The summed E-state index contributed by atoms with van der Waals surface area (Å²) in [6, 6.07) is 12.0. The lowest BCUT2D eigenvalue weighted by Gasteiger charge is -2.16. The number of aromatic nitrogens is 2. The lowest BCUT2D eigenvalue weighted by Crippen LogP contribution is -2.25. The van der Waals surface area contributed by atoms with Crippen LogP contribution in [-0.2, 0) is 19.9 Å². The van der Waals surface area contributed by atoms with Crippen LogP contribution in [0.2, 0.25) is 0 Å². The number of Topliss-reactive ketones (excluding diaryl/α,β-unsaturated/α-hetero) is 1. The minimum Gasteiger partial charge on any atom is -0.299 e. The molecule has 0 saturated carbocycles. The van der Waals surface area contributed by atoms with E-state index < -0.39 is 0 Å². The molecule has 0 spiro atoms. The molecule has 0 fully saturated rings. The molecule has 0 N–H and O–H groups in total. The van der Waals surface area contributed by atoms with Gasteiger partial charge in [-0.3, -0.25) is 14.2 Å². The van der Waals surface area contributed by atoms with Gasteiger partial charge in [0.15, 0.2) is 5.78 Å². The fourth-order valence-corrected chi connectivity index (χ4v) is 3.91. The first kappa shape index (κ1) is 15.8. The SMILES string of the molecule is CC(=O)c1cc(C)cc2c(=O)n(C)c(C3Cc4ccccc4C3)nc12. The van der Waals surface area contributed by atoms with Gasteiger partial charge < -0.3 is 0 Å². The van der Waals surface area contributed by atoms with Gasteiger partial charge in [-0.2, -0.15) is 0 Å². The van der Waals surface area contributed by atoms with Crippen LogP contribution in [0.5, 0.6) is 0 Å². The Morgan fingerprint density at radius 3 is 2.40 bits per heavy atom. The summed E-state index contributed by atoms with van der Waals surface area (Å²) < 4.78 is 1.65. The van der Waals surface area contributed by atoms with Gasteiger partial charge in [0.25, 0.3) is 5.56 Å². The average molecular weight is 332 g/mol. The number of rotatable bonds is 2. The van der Waals surface area contributed by atoms with Crippen molar-refractivity contribution in [2.75, 3.05) is 0 Å². The highest BCUT2D eigenvalue weighted by atomic mass is 16.1. The van der Waals surface area contributed by atoms with Crippen molar-refractivity contribution in [2.24, 2.45) is 7.05 Å². The second kappa shape index (κ2) is 5.66. The fraction of sp³-hybridized carbons (Fsp3) is 0.286. The van der Waals surface area contributed by atoms with Crippen molar-refractivity contribution in [1.82, 2.24) is 9.55 Å². The first-order valence-corrected chi connectivity index (χ1v) is 8.54. The molecule has 4 rings (SSSR count). The zero-order chi connectivity index (χ0) is 17.7. The molecule has 1 aromatic heterocycles. The summed E-state index contributed by atoms with van der Waals surface area (Å²) in [4.78, 5) is 29.8. The van der Waals surface area contributed by atoms with E-state index in [0.717, 1.165) is 24.2 Å². The summed E-state index contributed by atoms with van der Waals surface area (Å²) in [6.07, 6.45) is 1.76. The maximum Gasteiger partial charge on any atom is 0.261 e. The fourth-order valence-electron chi connectivity index (χ4n) is 3.91. The van der Waals surface area contributed by atoms with Crippen LogP contribution in [0.15, 0.2) is 41.2 Å². The van der Waals surface area contributed by atoms with E-state index in [1.54, 1.807) is 11.6 Å². The Morgan fingerprint density at radius 1 is 1.16 bits per heavy atom. The molecule has 0 unspecified atom stereocenters. The number of nitrogens with zero attached hydrogens (tertiary/aromatic N) is 2. The Morgan fingerprint density at radius 2 is 1.80 bits per heavy atom. The Kier molecular flexibility index (Phi) is 3.57. The number of aryl methyl sites for hydroxylation is 1. The highest BCUT2D eigenvalue weighted by Gasteiger charge is 2.27. The zero-order valence-corrected chi connectivity index (χ0v) is 14.7. The number of benzene rings is 2. The van der Waals surface area contributed by atoms with Gasteiger partial charge in [-0.05, 0) is 55.5 Å². The number of hydrogen-bond donors (Lipinski definition) is 0. The van der Waals surface area contributed by atoms with Gasteiger partial charge in [0, 0.05) is 18.5 Å². The van der Waals surface area contributed by atoms with E-state index in [4.69, 9.17) is 4.98 Å². The molecular weight excluding hydrogens is 312 g/mol. The molecule has 1 aliphatic rings. The van der Waals surface area contributed by atoms with E-state index in [1.807, 2.05) is 31.2 Å². The van der Waals surface area contributed by atoms with Crippen LogP contribution in [0.4, 0.5) is 0 Å². The van der Waals surface area contributed by atoms with Gasteiger partial charge >= 0.3 is 0 Å². The standard InChI is InChI=1S/C21H20N2O2/c1-12-8-17(13(2)24)19-18(9-12)21(25)23(3)20(22-19)16-10-14-6-4-5-7-15(14)11-16/h4-9,16H,10-11H2,1-3H3. The maximum absolute atomic E-state index is 12.9. The molecule has 4 nitrogen and oxygen atoms in total. The van der Waals surface area contributed by atoms with Crippen LogP contribution in [0.1, 0.15) is 45.7 Å². The molecule has 0 saturated heterocycles. The Bertz CT molecular complexity index is 1050. The lowest BCUT2D eigenvalue weighted by atomic mass is 10.0. The number of ketones is 1. The van der Waals surface area contributed by atoms with Crippen molar-refractivity contribution in [3.8, 4) is 0 Å². The monoisotopic (exact) mass is 332 g/mol. The van der Waals surface area contributed by atoms with E-state index in [0.29, 0.717) is 16.5 Å². The summed E-state index contributed by atoms with van der Waals surface area (Å²) in [5.74, 6) is 0.871. The molecule has 0 radical (unpaired) electrons. The molecule has 0 amide bonds. The molecule has 0 aliphatic heterocycles. The molecule has 126 valence electrons. The van der Waals surface area contributed by atoms with Gasteiger partial charge in [0.05, 0.1) is 10.9 Å². The predicted octanol–water partition coefficient (Wildman–Crippen LogP) is 3.33. The Balaban J connectivity index is 1.93. The first-order chi connectivity index (χ1) is 12.0. The summed E-state index contributed by atoms with van der Waals surface area (Å²) in [5, 5.41) is 0.520. The topological polar surface area (TPSA) is 52.0 Å². The summed E-state index contributed by atoms with van der Waals surface area (Å²) in [5.41, 5.74) is 4.52. The van der Waals surface area contributed by atoms with Crippen molar-refractivity contribution in [3.63, 3.8) is 0 Å². The number of fused-ring (bicyclic) bond motifs is 2. The van der Waals surface area contributed by atoms with Crippen LogP contribution in [0.3, 0.4) is 0 Å². The molecule has 1 heterocycles. The summed E-state index contributed by atoms with van der Waals surface area (Å²) in [7, 11) is 1.78. The third-order valence-corrected chi connectivity index (χ3v) is 5.15. The quantitative estimate of drug-likeness (QED) is 0.677. The number of carbonyl (C=O) groups is 1. The normalized spacial score (nSPS) is 14.0. The average Bonchev–Trinajstić information content (AvgIpc) is 3.01. The third kappa shape index (κ3) is 2.49. The van der Waals surface area contributed by atoms with Crippen LogP contribution >= 0.6 is 0 Å². The van der Waals surface area contributed by atoms with Crippen LogP contribution < -0.4 is 5.56 Å². The van der Waals surface area contributed by atoms with Crippen molar-refractivity contribution < 1.29 is 4.79 Å². The lowest BCUT2D eigenvalue weighted by molar-refractivity contribution is 0.101. The largest absolute Gasteiger partial charge is 0.299 e. The molecule has 0 bridgehead atoms. The number of carbonyl (C=O) groups excluding carboxylic acids is 1. The zero-order valence-electron chi connectivity index (χ0n) is 14.7. The minimum absolute atomic E-state index is 0.0601. The molecule has 3 aromatic rings. The molecule has 25 heavy (non-hydrogen) atoms. The van der Waals surface area contributed by atoms with Gasteiger partial charge in [-0.15, -0.1) is 0 Å². The third-order valence-electron chi connectivity index (χ3n) is 5.15. The van der Waals surface area contributed by atoms with Crippen LogP contribution in [0, 0.1) is 6.92 Å². The molecule has 1 aliphatic carbocycles. The second-order valence-electron chi connectivity index (χ2n) is 6.97. The Hall–Kier alpha value is -2.75. The minimum atomic E-state index is -0.0813. The smallest absolute Gasteiger partial charge is 0.261 e. The molecular formula is C21H20N2O2. The summed E-state index contributed by atoms with van der Waals surface area (Å²) >= 11 is 0. The highest BCUT2D eigenvalue weighted by molar-refractivity contribution is 6.05. The van der Waals surface area contributed by atoms with Crippen LogP contribution in [-0.4, -0.2) is 15.3 Å². The van der Waals surface area contributed by atoms with Gasteiger partial charge in [0.2, 0.25) is 0 Å². The molecule has 0 atom stereocenters. The van der Waals surface area contributed by atoms with E-state index >= 15 is 0 Å². The number of hydrogen-bond acceptors (Lipinski definition) is 3. The van der Waals surface area contributed by atoms with E-state index in [-0.39, 0.29) is 17.3 Å². The van der Waals surface area contributed by atoms with Gasteiger partial charge in [0.1, 0.15) is 5.82 Å². The van der Waals surface area contributed by atoms with Crippen LogP contribution in [0.25, 0.3) is 10.9 Å². The second-order valence-corrected chi connectivity index (χ2v) is 6.97. The van der Waals surface area contributed by atoms with Crippen molar-refractivity contribution >= 4 is 16.7 Å². The highest BCUT2D eigenvalue weighted by Crippen LogP contribution is 2.33. The molecule has 4 heteroatoms. The van der Waals surface area contributed by atoms with Crippen molar-refractivity contribution in [3.05, 3.63) is 74.8 Å². The Labute approximate surface area is 146 Å².